The molecule has 0 aliphatic heterocycles. The Morgan fingerprint density at radius 2 is 0.408 bits per heavy atom. The van der Waals surface area contributed by atoms with E-state index in [1.165, 1.54) is 19.6 Å². The molecule has 0 aliphatic carbocycles. The maximum atomic E-state index is 12.5. The molecule has 0 saturated carbocycles. The van der Waals surface area contributed by atoms with Crippen LogP contribution in [0.4, 0.5) is 0 Å². The van der Waals surface area contributed by atoms with Crippen molar-refractivity contribution in [2.45, 2.75) is 91.6 Å². The Balaban J connectivity index is 1.78. The number of hydrogen-bond donors (Lipinski definition) is 4. The molecule has 4 N–H and O–H groups in total. The molecule has 4 atom stereocenters. The van der Waals surface area contributed by atoms with Crippen LogP contribution < -0.4 is 18.9 Å². The zero-order valence-electron chi connectivity index (χ0n) is 57.4. The standard InChI is InChI=1S/C70H98N4O24/c1-9-87-61(79)37-71(38-62(80)88-10-2)33-53(75)45-95-57-25-17-49(18-26-57)69(50-19-27-58(28-20-50)96-46-54(76)34-72(39-63(81)89-11-3)40-64(82)90-12-4)70(51-21-29-59(30-22-51)97-47-55(77)35-73(41-65(83)91-13-5)42-66(84)92-14-6)52-23-31-60(32-24-52)98-48-56(78)36-74(43-67(85)93-15-7)44-68(86)94-16-8/h17-32,53-56,69-70,75-78H,9-16,33-48H2,1-8H3. The monoisotopic (exact) mass is 1380 g/mol. The van der Waals surface area contributed by atoms with E-state index in [4.69, 9.17) is 56.8 Å². The molecular weight excluding hydrogens is 1280 g/mol. The molecule has 0 heterocycles. The molecule has 0 spiro atoms. The van der Waals surface area contributed by atoms with E-state index in [1.807, 2.05) is 48.5 Å². The van der Waals surface area contributed by atoms with Gasteiger partial charge in [-0.15, -0.1) is 0 Å². The van der Waals surface area contributed by atoms with Gasteiger partial charge >= 0.3 is 47.8 Å². The van der Waals surface area contributed by atoms with Gasteiger partial charge in [0.15, 0.2) is 0 Å². The van der Waals surface area contributed by atoms with Crippen molar-refractivity contribution in [2.24, 2.45) is 0 Å². The first kappa shape index (κ1) is 81.9. The topological polar surface area (TPSA) is 341 Å². The molecular formula is C70H98N4O24. The summed E-state index contributed by atoms with van der Waals surface area (Å²) in [5, 5.41) is 44.7. The number of nitrogens with zero attached hydrogens (tertiary/aromatic N) is 4. The number of ether oxygens (including phenoxy) is 12. The number of aliphatic hydroxyl groups is 4. The molecule has 542 valence electrons. The fourth-order valence-corrected chi connectivity index (χ4v) is 10.3. The predicted molar refractivity (Wildman–Crippen MR) is 354 cm³/mol. The van der Waals surface area contributed by atoms with E-state index in [-0.39, 0.29) is 158 Å². The van der Waals surface area contributed by atoms with E-state index in [1.54, 1.807) is 104 Å². The minimum Gasteiger partial charge on any atom is -0.491 e. The van der Waals surface area contributed by atoms with Crippen molar-refractivity contribution in [3.63, 3.8) is 0 Å². The lowest BCUT2D eigenvalue weighted by molar-refractivity contribution is -0.150. The molecule has 0 aromatic heterocycles. The Labute approximate surface area is 572 Å². The average molecular weight is 1380 g/mol. The predicted octanol–water partition coefficient (Wildman–Crippen LogP) is 3.32. The first-order valence-electron chi connectivity index (χ1n) is 32.9. The third-order valence-electron chi connectivity index (χ3n) is 14.2. The van der Waals surface area contributed by atoms with E-state index in [9.17, 15) is 58.8 Å². The maximum absolute atomic E-state index is 12.5. The van der Waals surface area contributed by atoms with E-state index in [0.717, 1.165) is 22.3 Å². The number of aliphatic hydroxyl groups excluding tert-OH is 4. The second-order valence-electron chi connectivity index (χ2n) is 22.2. The van der Waals surface area contributed by atoms with Crippen LogP contribution in [0.2, 0.25) is 0 Å². The highest BCUT2D eigenvalue weighted by atomic mass is 16.6. The van der Waals surface area contributed by atoms with E-state index < -0.39 is 84.0 Å². The number of hydrogen-bond acceptors (Lipinski definition) is 28. The lowest BCUT2D eigenvalue weighted by Gasteiger charge is -2.30. The third kappa shape index (κ3) is 31.8. The molecule has 0 radical (unpaired) electrons. The molecule has 0 fully saturated rings. The summed E-state index contributed by atoms with van der Waals surface area (Å²) in [7, 11) is 0. The summed E-state index contributed by atoms with van der Waals surface area (Å²) in [6.07, 6.45) is -4.66. The summed E-state index contributed by atoms with van der Waals surface area (Å²) >= 11 is 0. The van der Waals surface area contributed by atoms with Gasteiger partial charge in [0, 0.05) is 38.0 Å². The third-order valence-corrected chi connectivity index (χ3v) is 14.2. The first-order chi connectivity index (χ1) is 47.1. The summed E-state index contributed by atoms with van der Waals surface area (Å²) in [6, 6.07) is 28.8. The van der Waals surface area contributed by atoms with Gasteiger partial charge in [0.2, 0.25) is 0 Å². The summed E-state index contributed by atoms with van der Waals surface area (Å²) in [5.74, 6) is -4.30. The molecule has 4 aromatic carbocycles. The van der Waals surface area contributed by atoms with Crippen LogP contribution in [0, 0.1) is 0 Å². The van der Waals surface area contributed by atoms with Gasteiger partial charge in [0.25, 0.3) is 0 Å². The quantitative estimate of drug-likeness (QED) is 0.0364. The van der Waals surface area contributed by atoms with Crippen molar-refractivity contribution in [3.05, 3.63) is 119 Å². The lowest BCUT2D eigenvalue weighted by Crippen LogP contribution is -2.42. The van der Waals surface area contributed by atoms with Crippen LogP contribution in [-0.4, -0.2) is 270 Å². The minimum atomic E-state index is -1.17. The summed E-state index contributed by atoms with van der Waals surface area (Å²) in [4.78, 5) is 105. The molecule has 4 aromatic rings. The van der Waals surface area contributed by atoms with Gasteiger partial charge in [-0.25, -0.2) is 0 Å². The Hall–Kier alpha value is -8.48. The second kappa shape index (κ2) is 45.9. The van der Waals surface area contributed by atoms with Crippen molar-refractivity contribution in [2.75, 3.05) is 158 Å². The van der Waals surface area contributed by atoms with Crippen molar-refractivity contribution < 1.29 is 116 Å². The molecule has 4 rings (SSSR count). The first-order valence-corrected chi connectivity index (χ1v) is 32.9. The molecule has 4 unspecified atom stereocenters. The number of benzene rings is 4. The van der Waals surface area contributed by atoms with Crippen LogP contribution in [-0.2, 0) is 76.3 Å². The number of carbonyl (C=O) groups excluding carboxylic acids is 8. The highest BCUT2D eigenvalue weighted by molar-refractivity contribution is 5.77. The molecule has 0 aliphatic rings. The Kier molecular flexibility index (Phi) is 38.4. The number of esters is 8. The average Bonchev–Trinajstić information content (AvgIpc) is 0.780. The highest BCUT2D eigenvalue weighted by Gasteiger charge is 2.31. The van der Waals surface area contributed by atoms with Crippen LogP contribution in [0.25, 0.3) is 0 Å². The van der Waals surface area contributed by atoms with E-state index in [2.05, 4.69) is 0 Å². The van der Waals surface area contributed by atoms with E-state index in [0.29, 0.717) is 23.0 Å². The Morgan fingerprint density at radius 3 is 0.541 bits per heavy atom. The van der Waals surface area contributed by atoms with E-state index >= 15 is 0 Å². The summed E-state index contributed by atoms with van der Waals surface area (Å²) in [6.45, 7) is 10.6. The molecule has 28 nitrogen and oxygen atoms in total. The fourth-order valence-electron chi connectivity index (χ4n) is 10.3. The van der Waals surface area contributed by atoms with Gasteiger partial charge in [-0.2, -0.15) is 0 Å². The van der Waals surface area contributed by atoms with Crippen LogP contribution in [0.5, 0.6) is 23.0 Å². The second-order valence-corrected chi connectivity index (χ2v) is 22.2. The van der Waals surface area contributed by atoms with Gasteiger partial charge in [-0.1, -0.05) is 48.5 Å². The van der Waals surface area contributed by atoms with Crippen molar-refractivity contribution >= 4 is 47.8 Å². The summed E-state index contributed by atoms with van der Waals surface area (Å²) in [5.41, 5.74) is 3.07. The van der Waals surface area contributed by atoms with Gasteiger partial charge in [0.05, 0.1) is 105 Å². The molecule has 28 heteroatoms. The fraction of sp³-hybridized carbons (Fsp3) is 0.543. The van der Waals surface area contributed by atoms with Crippen LogP contribution in [0.3, 0.4) is 0 Å². The van der Waals surface area contributed by atoms with Crippen molar-refractivity contribution in [3.8, 4) is 23.0 Å². The molecule has 0 saturated heterocycles. The molecule has 98 heavy (non-hydrogen) atoms. The summed E-state index contributed by atoms with van der Waals surface area (Å²) < 4.78 is 65.1. The SMILES string of the molecule is CCOC(=O)CN(CC(=O)OCC)CC(O)COc1ccc(C(c2ccc(OCC(O)CN(CC(=O)OCC)CC(=O)OCC)cc2)C(c2ccc(OCC(O)CN(CC(=O)OCC)CC(=O)OCC)cc2)c2ccc(OCC(O)CN(CC(=O)OCC)CC(=O)OCC)cc2)cc1. The van der Waals surface area contributed by atoms with Crippen LogP contribution in [0.1, 0.15) is 89.5 Å². The van der Waals surface area contributed by atoms with Gasteiger partial charge in [-0.3, -0.25) is 58.0 Å². The number of rotatable bonds is 49. The van der Waals surface area contributed by atoms with Crippen molar-refractivity contribution in [1.82, 2.24) is 19.6 Å². The highest BCUT2D eigenvalue weighted by Crippen LogP contribution is 2.44. The minimum absolute atomic E-state index is 0.123. The van der Waals surface area contributed by atoms with Crippen molar-refractivity contribution in [1.29, 1.82) is 0 Å². The number of carbonyl (C=O) groups is 8. The maximum Gasteiger partial charge on any atom is 0.320 e. The smallest absolute Gasteiger partial charge is 0.320 e. The van der Waals surface area contributed by atoms with Gasteiger partial charge in [-0.05, 0) is 126 Å². The Bertz CT molecular complexity index is 2530. The molecule has 0 amide bonds. The van der Waals surface area contributed by atoms with Crippen LogP contribution in [0.15, 0.2) is 97.1 Å². The van der Waals surface area contributed by atoms with Crippen LogP contribution >= 0.6 is 0 Å². The lowest BCUT2D eigenvalue weighted by atomic mass is 9.73. The Morgan fingerprint density at radius 1 is 0.265 bits per heavy atom. The largest absolute Gasteiger partial charge is 0.491 e. The van der Waals surface area contributed by atoms with Gasteiger partial charge < -0.3 is 77.3 Å². The zero-order valence-corrected chi connectivity index (χ0v) is 57.4. The normalized spacial score (nSPS) is 13.1. The van der Waals surface area contributed by atoms with Gasteiger partial charge in [0.1, 0.15) is 73.8 Å². The zero-order chi connectivity index (χ0) is 71.8. The molecule has 0 bridgehead atoms.